The molecule has 0 radical (unpaired) electrons. The molecule has 2 N–H and O–H groups in total. The van der Waals surface area contributed by atoms with Gasteiger partial charge in [-0.15, -0.1) is 0 Å². The number of benzene rings is 1. The van der Waals surface area contributed by atoms with Gasteiger partial charge < -0.3 is 10.6 Å². The standard InChI is InChI=1S/C24H29N3/c1-6-7-8-20-13-26-21(12-17(20)3)14-25-15-24-19(5)27-18(4)22-10-9-16(2)11-23(22)24/h9-13,15,25,27H,4-8,14H2,1-3H3/b24-15+. The van der Waals surface area contributed by atoms with Crippen molar-refractivity contribution in [2.45, 2.75) is 46.6 Å². The molecular formula is C24H29N3. The largest absolute Gasteiger partial charge is 0.385 e. The molecule has 0 unspecified atom stereocenters. The molecule has 0 bridgehead atoms. The Hall–Kier alpha value is -2.81. The molecule has 140 valence electrons. The van der Waals surface area contributed by atoms with E-state index in [4.69, 9.17) is 0 Å². The van der Waals surface area contributed by atoms with Crippen LogP contribution in [-0.4, -0.2) is 4.98 Å². The first kappa shape index (κ1) is 19.0. The predicted molar refractivity (Wildman–Crippen MR) is 115 cm³/mol. The summed E-state index contributed by atoms with van der Waals surface area (Å²) in [5.74, 6) is 0. The number of unbranched alkanes of at least 4 members (excludes halogenated alkanes) is 1. The van der Waals surface area contributed by atoms with Crippen LogP contribution in [0.25, 0.3) is 11.3 Å². The van der Waals surface area contributed by atoms with Gasteiger partial charge in [-0.25, -0.2) is 0 Å². The fourth-order valence-electron chi connectivity index (χ4n) is 3.41. The van der Waals surface area contributed by atoms with Crippen LogP contribution < -0.4 is 10.6 Å². The first-order chi connectivity index (χ1) is 13.0. The van der Waals surface area contributed by atoms with Gasteiger partial charge in [-0.3, -0.25) is 4.98 Å². The molecule has 1 aromatic heterocycles. The van der Waals surface area contributed by atoms with E-state index < -0.39 is 0 Å². The summed E-state index contributed by atoms with van der Waals surface area (Å²) in [5, 5.41) is 6.69. The van der Waals surface area contributed by atoms with E-state index in [0.29, 0.717) is 6.54 Å². The highest BCUT2D eigenvalue weighted by molar-refractivity contribution is 5.91. The number of aromatic nitrogens is 1. The highest BCUT2D eigenvalue weighted by Crippen LogP contribution is 2.33. The molecule has 3 nitrogen and oxygen atoms in total. The molecule has 0 fully saturated rings. The number of fused-ring (bicyclic) bond motifs is 1. The molecule has 1 aromatic carbocycles. The summed E-state index contributed by atoms with van der Waals surface area (Å²) in [4.78, 5) is 4.62. The Morgan fingerprint density at radius 1 is 1.11 bits per heavy atom. The second kappa shape index (κ2) is 8.26. The van der Waals surface area contributed by atoms with Gasteiger partial charge >= 0.3 is 0 Å². The van der Waals surface area contributed by atoms with Crippen LogP contribution in [0, 0.1) is 13.8 Å². The van der Waals surface area contributed by atoms with E-state index in [2.05, 4.69) is 73.8 Å². The third-order valence-corrected chi connectivity index (χ3v) is 5.02. The molecule has 3 heteroatoms. The maximum absolute atomic E-state index is 4.62. The molecule has 0 aliphatic carbocycles. The molecule has 2 heterocycles. The highest BCUT2D eigenvalue weighted by Gasteiger charge is 2.19. The van der Waals surface area contributed by atoms with Crippen LogP contribution in [-0.2, 0) is 13.0 Å². The van der Waals surface area contributed by atoms with Crippen molar-refractivity contribution in [2.24, 2.45) is 0 Å². The first-order valence-electron chi connectivity index (χ1n) is 9.64. The van der Waals surface area contributed by atoms with E-state index in [1.165, 1.54) is 29.5 Å². The van der Waals surface area contributed by atoms with Crippen molar-refractivity contribution in [2.75, 3.05) is 0 Å². The summed E-state index contributed by atoms with van der Waals surface area (Å²) in [6, 6.07) is 8.59. The van der Waals surface area contributed by atoms with Gasteiger partial charge in [0.25, 0.3) is 0 Å². The van der Waals surface area contributed by atoms with Gasteiger partial charge in [0.1, 0.15) is 0 Å². The SMILES string of the molecule is C=C1NC(=C)c2ccc(C)cc2/C1=C/NCc1cc(C)c(CCCC)cn1. The second-order valence-electron chi connectivity index (χ2n) is 7.28. The van der Waals surface area contributed by atoms with E-state index in [9.17, 15) is 0 Å². The average Bonchev–Trinajstić information content (AvgIpc) is 2.63. The molecular weight excluding hydrogens is 330 g/mol. The molecule has 1 aliphatic heterocycles. The zero-order valence-corrected chi connectivity index (χ0v) is 16.7. The zero-order valence-electron chi connectivity index (χ0n) is 16.7. The van der Waals surface area contributed by atoms with Crippen LogP contribution in [0.15, 0.2) is 55.5 Å². The molecule has 1 aliphatic rings. The normalized spacial score (nSPS) is 14.9. The molecule has 0 atom stereocenters. The number of aryl methyl sites for hydroxylation is 3. The Morgan fingerprint density at radius 3 is 2.67 bits per heavy atom. The first-order valence-corrected chi connectivity index (χ1v) is 9.64. The fraction of sp³-hybridized carbons (Fsp3) is 0.292. The van der Waals surface area contributed by atoms with Crippen molar-refractivity contribution in [1.29, 1.82) is 0 Å². The Labute approximate surface area is 162 Å². The predicted octanol–water partition coefficient (Wildman–Crippen LogP) is 5.26. The average molecular weight is 360 g/mol. The lowest BCUT2D eigenvalue weighted by Crippen LogP contribution is -2.20. The van der Waals surface area contributed by atoms with Crippen molar-refractivity contribution >= 4 is 11.3 Å². The lowest BCUT2D eigenvalue weighted by molar-refractivity contribution is 0.779. The van der Waals surface area contributed by atoms with Gasteiger partial charge in [0, 0.05) is 34.9 Å². The summed E-state index contributed by atoms with van der Waals surface area (Å²) in [6.07, 6.45) is 7.59. The van der Waals surface area contributed by atoms with Crippen molar-refractivity contribution in [3.8, 4) is 0 Å². The van der Waals surface area contributed by atoms with Crippen LogP contribution in [0.2, 0.25) is 0 Å². The number of hydrogen-bond donors (Lipinski definition) is 2. The molecule has 0 saturated heterocycles. The Balaban J connectivity index is 1.76. The monoisotopic (exact) mass is 359 g/mol. The third kappa shape index (κ3) is 4.30. The molecule has 3 rings (SSSR count). The van der Waals surface area contributed by atoms with Crippen molar-refractivity contribution < 1.29 is 0 Å². The number of allylic oxidation sites excluding steroid dienone is 1. The zero-order chi connectivity index (χ0) is 19.4. The number of pyridine rings is 1. The van der Waals surface area contributed by atoms with Crippen LogP contribution in [0.4, 0.5) is 0 Å². The van der Waals surface area contributed by atoms with Crippen molar-refractivity contribution in [3.63, 3.8) is 0 Å². The Bertz CT molecular complexity index is 906. The van der Waals surface area contributed by atoms with Crippen LogP contribution in [0.5, 0.6) is 0 Å². The van der Waals surface area contributed by atoms with Gasteiger partial charge in [-0.2, -0.15) is 0 Å². The summed E-state index contributed by atoms with van der Waals surface area (Å²) < 4.78 is 0. The maximum Gasteiger partial charge on any atom is 0.0597 e. The van der Waals surface area contributed by atoms with Crippen LogP contribution in [0.3, 0.4) is 0 Å². The lowest BCUT2D eigenvalue weighted by atomic mass is 9.91. The minimum atomic E-state index is 0.688. The number of hydrogen-bond acceptors (Lipinski definition) is 3. The minimum absolute atomic E-state index is 0.688. The molecule has 27 heavy (non-hydrogen) atoms. The minimum Gasteiger partial charge on any atom is -0.385 e. The van der Waals surface area contributed by atoms with Crippen LogP contribution in [0.1, 0.15) is 53.3 Å². The van der Waals surface area contributed by atoms with E-state index in [1.807, 2.05) is 12.4 Å². The van der Waals surface area contributed by atoms with Gasteiger partial charge in [0.15, 0.2) is 0 Å². The maximum atomic E-state index is 4.62. The van der Waals surface area contributed by atoms with Gasteiger partial charge in [-0.1, -0.05) is 50.3 Å². The van der Waals surface area contributed by atoms with Crippen molar-refractivity contribution in [1.82, 2.24) is 15.6 Å². The van der Waals surface area contributed by atoms with E-state index in [0.717, 1.165) is 40.2 Å². The topological polar surface area (TPSA) is 37.0 Å². The van der Waals surface area contributed by atoms with E-state index in [1.54, 1.807) is 0 Å². The van der Waals surface area contributed by atoms with Gasteiger partial charge in [-0.05, 0) is 49.4 Å². The second-order valence-corrected chi connectivity index (χ2v) is 7.28. The fourth-order valence-corrected chi connectivity index (χ4v) is 3.41. The molecule has 2 aromatic rings. The Kier molecular flexibility index (Phi) is 5.80. The quantitative estimate of drug-likeness (QED) is 0.739. The summed E-state index contributed by atoms with van der Waals surface area (Å²) >= 11 is 0. The van der Waals surface area contributed by atoms with Gasteiger partial charge in [0.05, 0.1) is 12.2 Å². The summed E-state index contributed by atoms with van der Waals surface area (Å²) in [6.45, 7) is 15.4. The Morgan fingerprint density at radius 2 is 1.93 bits per heavy atom. The van der Waals surface area contributed by atoms with Crippen molar-refractivity contribution in [3.05, 3.63) is 89.0 Å². The third-order valence-electron chi connectivity index (χ3n) is 5.02. The molecule has 0 spiro atoms. The summed E-state index contributed by atoms with van der Waals surface area (Å²) in [5.41, 5.74) is 10.1. The van der Waals surface area contributed by atoms with Gasteiger partial charge in [0.2, 0.25) is 0 Å². The molecule has 0 amide bonds. The van der Waals surface area contributed by atoms with E-state index in [-0.39, 0.29) is 0 Å². The number of rotatable bonds is 6. The molecule has 0 saturated carbocycles. The number of nitrogens with one attached hydrogen (secondary N) is 2. The number of nitrogens with zero attached hydrogens (tertiary/aromatic N) is 1. The van der Waals surface area contributed by atoms with Crippen LogP contribution >= 0.6 is 0 Å². The summed E-state index contributed by atoms with van der Waals surface area (Å²) in [7, 11) is 0. The smallest absolute Gasteiger partial charge is 0.0597 e. The lowest BCUT2D eigenvalue weighted by Gasteiger charge is -2.25. The highest BCUT2D eigenvalue weighted by atomic mass is 14.9. The van der Waals surface area contributed by atoms with E-state index >= 15 is 0 Å².